The van der Waals surface area contributed by atoms with Crippen LogP contribution in [0.25, 0.3) is 6.08 Å². The van der Waals surface area contributed by atoms with Gasteiger partial charge in [-0.15, -0.1) is 0 Å². The highest BCUT2D eigenvalue weighted by molar-refractivity contribution is 6.16. The van der Waals surface area contributed by atoms with Gasteiger partial charge in [-0.2, -0.15) is 0 Å². The molecule has 0 saturated carbocycles. The zero-order chi connectivity index (χ0) is 24.8. The van der Waals surface area contributed by atoms with Crippen LogP contribution in [-0.4, -0.2) is 42.4 Å². The number of carbonyl (C=O) groups excluding carboxylic acids is 3. The van der Waals surface area contributed by atoms with Crippen molar-refractivity contribution >= 4 is 23.9 Å². The molecule has 1 atom stereocenters. The highest BCUT2D eigenvalue weighted by atomic mass is 16.5. The number of hydrogen-bond acceptors (Lipinski definition) is 5. The molecule has 3 rings (SSSR count). The Morgan fingerprint density at radius 3 is 2.26 bits per heavy atom. The molecule has 34 heavy (non-hydrogen) atoms. The van der Waals surface area contributed by atoms with Gasteiger partial charge in [0.2, 0.25) is 0 Å². The van der Waals surface area contributed by atoms with Gasteiger partial charge in [-0.3, -0.25) is 9.59 Å². The average molecular weight is 463 g/mol. The Morgan fingerprint density at radius 1 is 1.03 bits per heavy atom. The maximum absolute atomic E-state index is 13.4. The van der Waals surface area contributed by atoms with Crippen molar-refractivity contribution in [2.45, 2.75) is 39.8 Å². The summed E-state index contributed by atoms with van der Waals surface area (Å²) in [5.74, 6) is -0.498. The van der Waals surface area contributed by atoms with Gasteiger partial charge in [0.25, 0.3) is 11.8 Å². The molecule has 1 aliphatic rings. The van der Waals surface area contributed by atoms with Gasteiger partial charge in [-0.05, 0) is 57.0 Å². The van der Waals surface area contributed by atoms with Crippen molar-refractivity contribution in [1.82, 2.24) is 10.2 Å². The Bertz CT molecular complexity index is 1120. The summed E-state index contributed by atoms with van der Waals surface area (Å²) >= 11 is 0. The maximum atomic E-state index is 13.4. The van der Waals surface area contributed by atoms with Crippen molar-refractivity contribution < 1.29 is 23.9 Å². The van der Waals surface area contributed by atoms with Gasteiger partial charge in [0.05, 0.1) is 24.3 Å². The molecule has 0 aliphatic carbocycles. The lowest BCUT2D eigenvalue weighted by atomic mass is 10.0. The van der Waals surface area contributed by atoms with E-state index < -0.39 is 5.97 Å². The Hall–Kier alpha value is -3.87. The van der Waals surface area contributed by atoms with E-state index in [1.807, 2.05) is 51.1 Å². The van der Waals surface area contributed by atoms with Gasteiger partial charge >= 0.3 is 5.97 Å². The summed E-state index contributed by atoms with van der Waals surface area (Å²) < 4.78 is 10.5. The van der Waals surface area contributed by atoms with Crippen LogP contribution >= 0.6 is 0 Å². The standard InChI is InChI=1S/C27H30N2O5/c1-17(2)28-24(30)16-34-22-13-11-20(12-14-22)15-23-25(27(32)33-5)19(4)29(26(23)31)18(3)21-9-7-6-8-10-21/h6-15,17-18H,16H2,1-5H3,(H,28,30)/b23-15-/t18-/m0/s1. The van der Waals surface area contributed by atoms with Crippen molar-refractivity contribution in [2.75, 3.05) is 13.7 Å². The van der Waals surface area contributed by atoms with Crippen LogP contribution in [0.4, 0.5) is 0 Å². The molecule has 0 spiro atoms. The monoisotopic (exact) mass is 462 g/mol. The largest absolute Gasteiger partial charge is 0.484 e. The Labute approximate surface area is 200 Å². The number of nitrogens with one attached hydrogen (secondary N) is 1. The number of nitrogens with zero attached hydrogens (tertiary/aromatic N) is 1. The number of benzene rings is 2. The van der Waals surface area contributed by atoms with E-state index in [0.717, 1.165) is 5.56 Å². The topological polar surface area (TPSA) is 84.9 Å². The molecule has 0 fully saturated rings. The molecule has 1 N–H and O–H groups in total. The molecule has 7 heteroatoms. The van der Waals surface area contributed by atoms with Crippen LogP contribution in [0.2, 0.25) is 0 Å². The minimum Gasteiger partial charge on any atom is -0.484 e. The molecule has 0 bridgehead atoms. The lowest BCUT2D eigenvalue weighted by Crippen LogP contribution is -2.34. The van der Waals surface area contributed by atoms with Crippen LogP contribution in [0.5, 0.6) is 5.75 Å². The predicted octanol–water partition coefficient (Wildman–Crippen LogP) is 4.02. The molecule has 0 aromatic heterocycles. The average Bonchev–Trinajstić information content (AvgIpc) is 3.06. The summed E-state index contributed by atoms with van der Waals surface area (Å²) in [6.07, 6.45) is 1.67. The number of methoxy groups -OCH3 is 1. The summed E-state index contributed by atoms with van der Waals surface area (Å²) in [6, 6.07) is 16.4. The number of carbonyl (C=O) groups is 3. The van der Waals surface area contributed by atoms with Crippen molar-refractivity contribution in [3.8, 4) is 5.75 Å². The van der Waals surface area contributed by atoms with E-state index in [1.54, 1.807) is 42.2 Å². The van der Waals surface area contributed by atoms with Crippen molar-refractivity contribution in [3.05, 3.63) is 82.6 Å². The molecule has 2 aromatic rings. The highest BCUT2D eigenvalue weighted by Gasteiger charge is 2.39. The third-order valence-electron chi connectivity index (χ3n) is 5.51. The molecule has 0 unspecified atom stereocenters. The summed E-state index contributed by atoms with van der Waals surface area (Å²) in [4.78, 5) is 39.4. The number of rotatable bonds is 8. The Kier molecular flexibility index (Phi) is 7.89. The molecule has 1 aliphatic heterocycles. The first-order chi connectivity index (χ1) is 16.2. The summed E-state index contributed by atoms with van der Waals surface area (Å²) in [5, 5.41) is 2.76. The Balaban J connectivity index is 1.85. The number of hydrogen-bond donors (Lipinski definition) is 1. The van der Waals surface area contributed by atoms with Crippen molar-refractivity contribution in [1.29, 1.82) is 0 Å². The van der Waals surface area contributed by atoms with Gasteiger partial charge in [0, 0.05) is 11.7 Å². The van der Waals surface area contributed by atoms with Gasteiger partial charge < -0.3 is 19.7 Å². The van der Waals surface area contributed by atoms with Crippen LogP contribution in [0.15, 0.2) is 71.4 Å². The summed E-state index contributed by atoms with van der Waals surface area (Å²) in [5.41, 5.74) is 2.75. The van der Waals surface area contributed by atoms with E-state index >= 15 is 0 Å². The molecule has 178 valence electrons. The molecule has 2 aromatic carbocycles. The fourth-order valence-electron chi connectivity index (χ4n) is 3.88. The number of esters is 1. The van der Waals surface area contributed by atoms with Gasteiger partial charge in [0.15, 0.2) is 6.61 Å². The van der Waals surface area contributed by atoms with E-state index in [0.29, 0.717) is 17.0 Å². The van der Waals surface area contributed by atoms with Crippen molar-refractivity contribution in [3.63, 3.8) is 0 Å². The second kappa shape index (κ2) is 10.8. The molecular weight excluding hydrogens is 432 g/mol. The fourth-order valence-corrected chi connectivity index (χ4v) is 3.88. The first kappa shape index (κ1) is 24.8. The third kappa shape index (κ3) is 5.54. The second-order valence-electron chi connectivity index (χ2n) is 8.35. The molecule has 2 amide bonds. The van der Waals surface area contributed by atoms with Crippen LogP contribution in [-0.2, 0) is 19.1 Å². The van der Waals surface area contributed by atoms with Crippen LogP contribution in [0, 0.1) is 0 Å². The summed E-state index contributed by atoms with van der Waals surface area (Å²) in [6.45, 7) is 7.35. The molecular formula is C27H30N2O5. The Morgan fingerprint density at radius 2 is 1.68 bits per heavy atom. The summed E-state index contributed by atoms with van der Waals surface area (Å²) in [7, 11) is 1.30. The normalized spacial score (nSPS) is 15.6. The first-order valence-electron chi connectivity index (χ1n) is 11.1. The van der Waals surface area contributed by atoms with E-state index in [1.165, 1.54) is 7.11 Å². The van der Waals surface area contributed by atoms with E-state index in [9.17, 15) is 14.4 Å². The number of allylic oxidation sites excluding steroid dienone is 1. The highest BCUT2D eigenvalue weighted by Crippen LogP contribution is 2.37. The third-order valence-corrected chi connectivity index (χ3v) is 5.51. The zero-order valence-electron chi connectivity index (χ0n) is 20.1. The smallest absolute Gasteiger partial charge is 0.340 e. The minimum atomic E-state index is -0.559. The van der Waals surface area contributed by atoms with E-state index in [4.69, 9.17) is 9.47 Å². The quantitative estimate of drug-likeness (QED) is 0.473. The molecule has 1 heterocycles. The number of amides is 2. The van der Waals surface area contributed by atoms with Crippen molar-refractivity contribution in [2.24, 2.45) is 0 Å². The second-order valence-corrected chi connectivity index (χ2v) is 8.35. The fraction of sp³-hybridized carbons (Fsp3) is 0.296. The molecule has 0 radical (unpaired) electrons. The minimum absolute atomic E-state index is 0.0405. The lowest BCUT2D eigenvalue weighted by Gasteiger charge is -2.26. The molecule has 0 saturated heterocycles. The molecule has 7 nitrogen and oxygen atoms in total. The van der Waals surface area contributed by atoms with Gasteiger partial charge in [0.1, 0.15) is 5.75 Å². The number of ether oxygens (including phenoxy) is 2. The zero-order valence-corrected chi connectivity index (χ0v) is 20.1. The van der Waals surface area contributed by atoms with Gasteiger partial charge in [-0.1, -0.05) is 42.5 Å². The van der Waals surface area contributed by atoms with E-state index in [-0.39, 0.29) is 41.7 Å². The SMILES string of the molecule is COC(=O)C1=C(C)N([C@@H](C)c2ccccc2)C(=O)/C1=C\c1ccc(OCC(=O)NC(C)C)cc1. The van der Waals surface area contributed by atoms with Gasteiger partial charge in [-0.25, -0.2) is 4.79 Å². The lowest BCUT2D eigenvalue weighted by molar-refractivity contribution is -0.136. The van der Waals surface area contributed by atoms with Crippen LogP contribution in [0.1, 0.15) is 44.9 Å². The van der Waals surface area contributed by atoms with Crippen LogP contribution < -0.4 is 10.1 Å². The first-order valence-corrected chi connectivity index (χ1v) is 11.1. The van der Waals surface area contributed by atoms with Crippen LogP contribution in [0.3, 0.4) is 0 Å². The maximum Gasteiger partial charge on any atom is 0.340 e. The van der Waals surface area contributed by atoms with E-state index in [2.05, 4.69) is 5.32 Å². The predicted molar refractivity (Wildman–Crippen MR) is 130 cm³/mol.